The molecule has 17 heteroatoms. The predicted octanol–water partition coefficient (Wildman–Crippen LogP) is 3.17. The van der Waals surface area contributed by atoms with Gasteiger partial charge >= 0.3 is 79.8 Å². The molecule has 0 bridgehead atoms. The molecule has 0 aromatic carbocycles. The molecule has 2 radical (unpaired) electrons. The summed E-state index contributed by atoms with van der Waals surface area (Å²) in [4.78, 5) is 24.7. The molecule has 0 spiro atoms. The zero-order valence-electron chi connectivity index (χ0n) is 29.0. The maximum Gasteiger partial charge on any atom is 0 e. The normalized spacial score (nSPS) is 21.4. The van der Waals surface area contributed by atoms with E-state index in [1.807, 2.05) is 11.5 Å². The van der Waals surface area contributed by atoms with Crippen molar-refractivity contribution in [2.75, 3.05) is 12.4 Å². The monoisotopic (exact) mass is 824 g/mol. The molecular formula is C34H42Co2O14S. The Morgan fingerprint density at radius 3 is 1.80 bits per heavy atom. The number of aliphatic hydroxyl groups excluding tert-OH is 2. The van der Waals surface area contributed by atoms with Crippen LogP contribution in [0.2, 0.25) is 0 Å². The smallest absolute Gasteiger partial charge is 0 e. The molecule has 51 heavy (non-hydrogen) atoms. The molecular weight excluding hydrogens is 782 g/mol. The molecule has 2 heterocycles. The molecule has 0 amide bonds. The van der Waals surface area contributed by atoms with E-state index in [9.17, 15) is 19.8 Å². The van der Waals surface area contributed by atoms with Crippen LogP contribution >= 0.6 is 11.8 Å². The fourth-order valence-electron chi connectivity index (χ4n) is 3.50. The number of ether oxygens (including phenoxy) is 4. The molecule has 2 N–H and O–H groups in total. The van der Waals surface area contributed by atoms with E-state index in [1.165, 1.54) is 0 Å². The summed E-state index contributed by atoms with van der Waals surface area (Å²) in [6.45, 7) is 39.3. The van der Waals surface area contributed by atoms with Gasteiger partial charge in [-0.3, -0.25) is 9.59 Å². The summed E-state index contributed by atoms with van der Waals surface area (Å²) >= 11 is 1.65. The third-order valence-corrected chi connectivity index (χ3v) is 6.44. The summed E-state index contributed by atoms with van der Waals surface area (Å²) in [5.41, 5.74) is -1.44. The van der Waals surface area contributed by atoms with Gasteiger partial charge in [-0.05, 0) is 71.3 Å². The Balaban J connectivity index is -0.000000250. The van der Waals surface area contributed by atoms with Crippen LogP contribution in [0.5, 0.6) is 0 Å². The van der Waals surface area contributed by atoms with Crippen LogP contribution in [0, 0.1) is 62.6 Å². The van der Waals surface area contributed by atoms with Crippen LogP contribution < -0.4 is 0 Å². The summed E-state index contributed by atoms with van der Waals surface area (Å²) in [6.07, 6.45) is 0.208. The summed E-state index contributed by atoms with van der Waals surface area (Å²) in [7, 11) is 0. The molecule has 0 aliphatic carbocycles. The summed E-state index contributed by atoms with van der Waals surface area (Å²) in [5.74, 6) is 6.10. The summed E-state index contributed by atoms with van der Waals surface area (Å²) in [6, 6.07) is 0. The van der Waals surface area contributed by atoms with Crippen LogP contribution in [0.15, 0.2) is 23.6 Å². The average molecular weight is 825 g/mol. The van der Waals surface area contributed by atoms with Gasteiger partial charge in [0.2, 0.25) is 0 Å². The van der Waals surface area contributed by atoms with Crippen LogP contribution in [0.1, 0.15) is 61.3 Å². The molecule has 0 saturated carbocycles. The minimum absolute atomic E-state index is 0. The van der Waals surface area contributed by atoms with Crippen molar-refractivity contribution >= 4 is 23.7 Å². The van der Waals surface area contributed by atoms with Gasteiger partial charge in [-0.2, -0.15) is 0 Å². The maximum absolute atomic E-state index is 12.5. The Bertz CT molecular complexity index is 1120. The van der Waals surface area contributed by atoms with E-state index < -0.39 is 65.5 Å². The Morgan fingerprint density at radius 1 is 0.863 bits per heavy atom. The predicted molar refractivity (Wildman–Crippen MR) is 166 cm³/mol. The van der Waals surface area contributed by atoms with Crippen molar-refractivity contribution in [1.82, 2.24) is 0 Å². The number of rotatable bonds is 9. The van der Waals surface area contributed by atoms with Gasteiger partial charge in [0.15, 0.2) is 6.10 Å². The standard InChI is InChI=1S/C28H42O8S.6CO.2Co/c1-8-37-16-10-13-20-22(29)23(30)24-21(36-20)12-9-11-18(34-24)14-15-19(35-26(32)28(5,6)7)17-33-25(31)27(2,3)4;6*1-2;;/h10,14-16,18-24,29-30H,8,12-13,17H2,1-7H3;;;;;;;;/b15-14+,16-10+;;;;;;;;/t18-,19+,20-,21+,22-,23+,24+;;;;;;;;/m1......../s1. The van der Waals surface area contributed by atoms with Crippen molar-refractivity contribution in [3.63, 3.8) is 0 Å². The van der Waals surface area contributed by atoms with Gasteiger partial charge in [0.05, 0.1) is 23.0 Å². The maximum atomic E-state index is 12.5. The largest absolute Gasteiger partial charge is 0 e. The minimum atomic E-state index is -1.16. The number of hydrogen-bond donors (Lipinski definition) is 2. The fourth-order valence-corrected chi connectivity index (χ4v) is 3.94. The number of aliphatic hydroxyl groups is 2. The first-order valence-corrected chi connectivity index (χ1v) is 15.0. The quantitative estimate of drug-likeness (QED) is 0.114. The van der Waals surface area contributed by atoms with Gasteiger partial charge < -0.3 is 29.2 Å². The molecule has 1 saturated heterocycles. The molecule has 0 aromatic rings. The van der Waals surface area contributed by atoms with Crippen LogP contribution in [0.3, 0.4) is 0 Å². The molecule has 2 aliphatic rings. The van der Waals surface area contributed by atoms with Gasteiger partial charge in [-0.15, -0.1) is 11.8 Å². The van der Waals surface area contributed by atoms with Crippen molar-refractivity contribution < 1.29 is 100 Å². The molecule has 0 unspecified atom stereocenters. The summed E-state index contributed by atoms with van der Waals surface area (Å²) < 4.78 is 68.0. The number of thioether (sulfide) groups is 1. The van der Waals surface area contributed by atoms with Crippen LogP contribution in [0.25, 0.3) is 0 Å². The Morgan fingerprint density at radius 2 is 1.35 bits per heavy atom. The topological polar surface area (TPSA) is 231 Å². The van der Waals surface area contributed by atoms with Crippen molar-refractivity contribution in [2.45, 2.75) is 104 Å². The second-order valence-electron chi connectivity index (χ2n) is 11.2. The number of hydrogen-bond acceptors (Lipinski definition) is 9. The van der Waals surface area contributed by atoms with Crippen LogP contribution in [0.4, 0.5) is 0 Å². The second kappa shape index (κ2) is 38.8. The molecule has 7 atom stereocenters. The van der Waals surface area contributed by atoms with E-state index in [0.717, 1.165) is 5.75 Å². The molecule has 0 aromatic heterocycles. The van der Waals surface area contributed by atoms with Crippen molar-refractivity contribution in [3.8, 4) is 11.8 Å². The number of carbonyl (C=O) groups excluding carboxylic acids is 2. The Kier molecular flexibility index (Phi) is 48.5. The minimum Gasteiger partial charge on any atom is 0 e. The molecule has 286 valence electrons. The number of fused-ring (bicyclic) bond motifs is 1. The number of esters is 2. The fraction of sp³-hybridized carbons (Fsp3) is 0.588. The van der Waals surface area contributed by atoms with Gasteiger partial charge in [0.25, 0.3) is 0 Å². The first-order valence-electron chi connectivity index (χ1n) is 13.9. The molecule has 2 rings (SSSR count). The van der Waals surface area contributed by atoms with Gasteiger partial charge in [-0.1, -0.05) is 24.8 Å². The van der Waals surface area contributed by atoms with E-state index in [-0.39, 0.29) is 40.2 Å². The molecule has 2 aliphatic heterocycles. The number of carbonyl (C=O) groups is 2. The van der Waals surface area contributed by atoms with E-state index in [0.29, 0.717) is 12.8 Å². The van der Waals surface area contributed by atoms with Crippen LogP contribution in [-0.4, -0.2) is 77.2 Å². The summed E-state index contributed by atoms with van der Waals surface area (Å²) in [5, 5.41) is 23.4. The zero-order chi connectivity index (χ0) is 39.8. The van der Waals surface area contributed by atoms with Gasteiger partial charge in [0, 0.05) is 40.0 Å². The van der Waals surface area contributed by atoms with Crippen molar-refractivity contribution in [3.05, 3.63) is 63.5 Å². The Labute approximate surface area is 325 Å². The van der Waals surface area contributed by atoms with E-state index in [4.69, 9.17) is 46.9 Å². The van der Waals surface area contributed by atoms with E-state index in [1.54, 1.807) is 65.5 Å². The second-order valence-corrected chi connectivity index (χ2v) is 12.4. The van der Waals surface area contributed by atoms with Gasteiger partial charge in [-0.25, -0.2) is 0 Å². The van der Waals surface area contributed by atoms with Crippen LogP contribution in [-0.2, 0) is 90.0 Å². The first-order chi connectivity index (χ1) is 23.2. The zero-order valence-corrected chi connectivity index (χ0v) is 31.9. The average Bonchev–Trinajstić information content (AvgIpc) is 3.32. The van der Waals surface area contributed by atoms with Crippen molar-refractivity contribution in [1.29, 1.82) is 0 Å². The van der Waals surface area contributed by atoms with E-state index in [2.05, 4.69) is 58.7 Å². The van der Waals surface area contributed by atoms with E-state index >= 15 is 0 Å². The van der Waals surface area contributed by atoms with Crippen molar-refractivity contribution in [2.24, 2.45) is 10.8 Å². The SMILES string of the molecule is CCS/C=C/C[C@H]1O[C@H]2CC#C[C@H](/C=C/[C@@H](COC(=O)C(C)(C)C)OC(=O)C(C)(C)C)O[C@@H]2[C@@H](O)[C@@H]1O.[C-]#[O+].[C-]#[O+].[C-]#[O+].[C-]#[O+].[C-]#[O+].[C-]#[O+].[Co].[Co]. The van der Waals surface area contributed by atoms with Gasteiger partial charge in [0.1, 0.15) is 31.0 Å². The molecule has 1 fully saturated rings. The molecule has 14 nitrogen and oxygen atoms in total. The Hall–Kier alpha value is -2.38. The third-order valence-electron chi connectivity index (χ3n) is 5.72. The third kappa shape index (κ3) is 27.9. The first kappa shape index (κ1) is 63.7.